The first kappa shape index (κ1) is 25.3. The van der Waals surface area contributed by atoms with E-state index in [1.807, 2.05) is 0 Å². The van der Waals surface area contributed by atoms with E-state index in [1.165, 1.54) is 12.1 Å². The fraction of sp³-hybridized carbons (Fsp3) is 0.579. The Morgan fingerprint density at radius 1 is 1.16 bits per heavy atom. The van der Waals surface area contributed by atoms with Gasteiger partial charge in [0.2, 0.25) is 21.8 Å². The first-order valence-electron chi connectivity index (χ1n) is 10.4. The third kappa shape index (κ3) is 7.01. The topological polar surface area (TPSA) is 160 Å². The number of nitrogens with two attached hydrogens (primary N) is 1. The van der Waals surface area contributed by atoms with Crippen molar-refractivity contribution < 1.29 is 27.7 Å². The van der Waals surface area contributed by atoms with Gasteiger partial charge < -0.3 is 26.0 Å². The lowest BCUT2D eigenvalue weighted by atomic mass is 9.83. The smallest absolute Gasteiger partial charge is 0.430 e. The number of sulfonamides is 1. The molecule has 0 radical (unpaired) electrons. The molecule has 1 saturated carbocycles. The maximum Gasteiger partial charge on any atom is 0.436 e. The van der Waals surface area contributed by atoms with Crippen LogP contribution in [0.3, 0.4) is 0 Å². The molecule has 1 fully saturated rings. The van der Waals surface area contributed by atoms with Crippen LogP contribution in [0.2, 0.25) is 0 Å². The molecule has 0 spiro atoms. The standard InChI is InChI=1S/C19H31BN4O6S/c21-12-6-9-16(30-20-27)24-18(26)19(10-4-5-11-19)17(25)22-13-14-23-31(28,29)15-7-2-1-3-8-15/h1-3,7-8,16,20,23,27H,4-6,9-14,21H2,(H,22,25)(H,24,26)/t16-/m1/s1. The molecule has 31 heavy (non-hydrogen) atoms. The highest BCUT2D eigenvalue weighted by atomic mass is 32.2. The van der Waals surface area contributed by atoms with E-state index in [0.29, 0.717) is 32.2 Å². The molecule has 0 unspecified atom stereocenters. The molecule has 2 rings (SSSR count). The van der Waals surface area contributed by atoms with E-state index in [9.17, 15) is 18.0 Å². The molecular weight excluding hydrogens is 423 g/mol. The zero-order valence-corrected chi connectivity index (χ0v) is 18.3. The van der Waals surface area contributed by atoms with Gasteiger partial charge in [0.25, 0.3) is 0 Å². The van der Waals surface area contributed by atoms with Crippen LogP contribution in [0.4, 0.5) is 0 Å². The lowest BCUT2D eigenvalue weighted by Gasteiger charge is -2.29. The lowest BCUT2D eigenvalue weighted by molar-refractivity contribution is -0.145. The number of rotatable bonds is 13. The van der Waals surface area contributed by atoms with Crippen molar-refractivity contribution in [2.75, 3.05) is 19.6 Å². The number of hydrogen-bond acceptors (Lipinski definition) is 7. The summed E-state index contributed by atoms with van der Waals surface area (Å²) >= 11 is 0. The molecule has 1 aromatic carbocycles. The van der Waals surface area contributed by atoms with Crippen LogP contribution in [-0.2, 0) is 24.3 Å². The van der Waals surface area contributed by atoms with Gasteiger partial charge in [-0.05, 0) is 44.4 Å². The summed E-state index contributed by atoms with van der Waals surface area (Å²) in [4.78, 5) is 26.0. The van der Waals surface area contributed by atoms with Crippen molar-refractivity contribution in [3.8, 4) is 0 Å². The largest absolute Gasteiger partial charge is 0.436 e. The van der Waals surface area contributed by atoms with Gasteiger partial charge in [0.15, 0.2) is 0 Å². The van der Waals surface area contributed by atoms with Crippen molar-refractivity contribution in [1.29, 1.82) is 0 Å². The SMILES string of the molecule is NCCC[C@H](NC(=O)C1(C(=O)NCCNS(=O)(=O)c2ccccc2)CCCC1)OBO. The molecule has 6 N–H and O–H groups in total. The predicted octanol–water partition coefficient (Wildman–Crippen LogP) is -0.902. The first-order valence-corrected chi connectivity index (χ1v) is 11.9. The molecule has 10 nitrogen and oxygen atoms in total. The van der Waals surface area contributed by atoms with Gasteiger partial charge >= 0.3 is 7.69 Å². The minimum Gasteiger partial charge on any atom is -0.430 e. The lowest BCUT2D eigenvalue weighted by Crippen LogP contribution is -2.53. The summed E-state index contributed by atoms with van der Waals surface area (Å²) in [5.74, 6) is -0.897. The van der Waals surface area contributed by atoms with Gasteiger partial charge in [-0.25, -0.2) is 13.1 Å². The van der Waals surface area contributed by atoms with Crippen molar-refractivity contribution in [2.45, 2.75) is 49.6 Å². The summed E-state index contributed by atoms with van der Waals surface area (Å²) in [6.07, 6.45) is 2.52. The monoisotopic (exact) mass is 454 g/mol. The van der Waals surface area contributed by atoms with Gasteiger partial charge in [-0.1, -0.05) is 31.0 Å². The van der Waals surface area contributed by atoms with Gasteiger partial charge in [-0.3, -0.25) is 9.59 Å². The van der Waals surface area contributed by atoms with Gasteiger partial charge in [0, 0.05) is 13.1 Å². The van der Waals surface area contributed by atoms with E-state index in [4.69, 9.17) is 15.4 Å². The molecule has 12 heteroatoms. The van der Waals surface area contributed by atoms with Crippen molar-refractivity contribution >= 4 is 29.5 Å². The fourth-order valence-corrected chi connectivity index (χ4v) is 4.68. The Balaban J connectivity index is 1.92. The van der Waals surface area contributed by atoms with Crippen LogP contribution < -0.4 is 21.1 Å². The van der Waals surface area contributed by atoms with Gasteiger partial charge in [0.05, 0.1) is 4.90 Å². The van der Waals surface area contributed by atoms with Crippen LogP contribution >= 0.6 is 0 Å². The van der Waals surface area contributed by atoms with Crippen LogP contribution in [0, 0.1) is 5.41 Å². The van der Waals surface area contributed by atoms with Crippen LogP contribution in [0.25, 0.3) is 0 Å². The second kappa shape index (κ2) is 12.2. The van der Waals surface area contributed by atoms with E-state index in [0.717, 1.165) is 12.8 Å². The van der Waals surface area contributed by atoms with Crippen molar-refractivity contribution in [2.24, 2.45) is 11.1 Å². The average Bonchev–Trinajstić information content (AvgIpc) is 3.27. The van der Waals surface area contributed by atoms with Crippen molar-refractivity contribution in [1.82, 2.24) is 15.4 Å². The Morgan fingerprint density at radius 2 is 1.84 bits per heavy atom. The maximum absolute atomic E-state index is 13.0. The fourth-order valence-electron chi connectivity index (χ4n) is 3.62. The second-order valence-electron chi connectivity index (χ2n) is 7.44. The quantitative estimate of drug-likeness (QED) is 0.112. The molecule has 1 aromatic rings. The Bertz CT molecular complexity index is 818. The Hall–Kier alpha value is -1.99. The van der Waals surface area contributed by atoms with Crippen LogP contribution in [0.5, 0.6) is 0 Å². The summed E-state index contributed by atoms with van der Waals surface area (Å²) in [7, 11) is -4.23. The molecule has 0 bridgehead atoms. The summed E-state index contributed by atoms with van der Waals surface area (Å²) in [6.45, 7) is 0.447. The normalized spacial score (nSPS) is 16.5. The maximum atomic E-state index is 13.0. The number of hydrogen-bond donors (Lipinski definition) is 5. The number of amides is 2. The molecule has 0 aromatic heterocycles. The number of nitrogens with one attached hydrogen (secondary N) is 3. The van der Waals surface area contributed by atoms with E-state index >= 15 is 0 Å². The average molecular weight is 454 g/mol. The zero-order chi connectivity index (χ0) is 22.7. The highest BCUT2D eigenvalue weighted by Crippen LogP contribution is 2.38. The van der Waals surface area contributed by atoms with Gasteiger partial charge in [0.1, 0.15) is 11.6 Å². The molecule has 0 aliphatic heterocycles. The second-order valence-corrected chi connectivity index (χ2v) is 9.21. The van der Waals surface area contributed by atoms with Crippen LogP contribution in [0.1, 0.15) is 38.5 Å². The van der Waals surface area contributed by atoms with E-state index in [1.54, 1.807) is 18.2 Å². The molecule has 2 amide bonds. The van der Waals surface area contributed by atoms with Crippen molar-refractivity contribution in [3.63, 3.8) is 0 Å². The predicted molar refractivity (Wildman–Crippen MR) is 116 cm³/mol. The summed E-state index contributed by atoms with van der Waals surface area (Å²) in [6, 6.07) is 7.93. The zero-order valence-electron chi connectivity index (χ0n) is 17.5. The Kier molecular flexibility index (Phi) is 9.91. The molecular formula is C19H31BN4O6S. The molecule has 172 valence electrons. The molecule has 1 atom stereocenters. The highest BCUT2D eigenvalue weighted by Gasteiger charge is 2.48. The third-order valence-corrected chi connectivity index (χ3v) is 6.80. The van der Waals surface area contributed by atoms with Crippen LogP contribution in [-0.4, -0.2) is 58.8 Å². The molecule has 1 aliphatic carbocycles. The third-order valence-electron chi connectivity index (χ3n) is 5.32. The number of carbonyl (C=O) groups is 2. The van der Waals surface area contributed by atoms with Gasteiger partial charge in [-0.15, -0.1) is 0 Å². The van der Waals surface area contributed by atoms with E-state index in [-0.39, 0.29) is 18.0 Å². The highest BCUT2D eigenvalue weighted by molar-refractivity contribution is 7.89. The summed E-state index contributed by atoms with van der Waals surface area (Å²) in [5, 5.41) is 14.4. The Morgan fingerprint density at radius 3 is 2.45 bits per heavy atom. The summed E-state index contributed by atoms with van der Waals surface area (Å²) in [5.41, 5.74) is 4.25. The van der Waals surface area contributed by atoms with E-state index < -0.39 is 41.2 Å². The number of carbonyl (C=O) groups excluding carboxylic acids is 2. The molecule has 1 aliphatic rings. The van der Waals surface area contributed by atoms with Crippen LogP contribution in [0.15, 0.2) is 35.2 Å². The van der Waals surface area contributed by atoms with E-state index in [2.05, 4.69) is 15.4 Å². The Labute approximate surface area is 183 Å². The van der Waals surface area contributed by atoms with Crippen molar-refractivity contribution in [3.05, 3.63) is 30.3 Å². The number of benzene rings is 1. The summed E-state index contributed by atoms with van der Waals surface area (Å²) < 4.78 is 32.1. The minimum absolute atomic E-state index is 0.00653. The molecule has 0 heterocycles. The molecule has 0 saturated heterocycles. The minimum atomic E-state index is -3.67. The first-order chi connectivity index (χ1) is 14.9. The van der Waals surface area contributed by atoms with Gasteiger partial charge in [-0.2, -0.15) is 0 Å².